The third kappa shape index (κ3) is 3.46. The van der Waals surface area contributed by atoms with Crippen molar-refractivity contribution < 1.29 is 14.3 Å². The van der Waals surface area contributed by atoms with E-state index in [2.05, 4.69) is 21.2 Å². The number of ether oxygens (including phenoxy) is 2. The number of carbonyl (C=O) groups excluding carboxylic acids is 1. The standard InChI is InChI=1S/C15H15BrN2O3/c1-20-10-4-6-14(21-2)11(8-10)15(19)18-13-7-9(17)3-5-12(13)16/h3-8H,17H2,1-2H3,(H,18,19). The van der Waals surface area contributed by atoms with Gasteiger partial charge in [0.2, 0.25) is 0 Å². The van der Waals surface area contributed by atoms with Gasteiger partial charge in [0.1, 0.15) is 11.5 Å². The van der Waals surface area contributed by atoms with Crippen LogP contribution in [0.25, 0.3) is 0 Å². The fourth-order valence-electron chi connectivity index (χ4n) is 1.82. The number of methoxy groups -OCH3 is 2. The van der Waals surface area contributed by atoms with Crippen molar-refractivity contribution in [3.05, 3.63) is 46.4 Å². The Hall–Kier alpha value is -2.21. The zero-order valence-electron chi connectivity index (χ0n) is 11.6. The lowest BCUT2D eigenvalue weighted by molar-refractivity contribution is 0.102. The van der Waals surface area contributed by atoms with Gasteiger partial charge in [0, 0.05) is 10.2 Å². The summed E-state index contributed by atoms with van der Waals surface area (Å²) in [5, 5.41) is 2.79. The van der Waals surface area contributed by atoms with E-state index in [4.69, 9.17) is 15.2 Å². The Morgan fingerprint density at radius 2 is 1.90 bits per heavy atom. The number of benzene rings is 2. The summed E-state index contributed by atoms with van der Waals surface area (Å²) in [7, 11) is 3.05. The van der Waals surface area contributed by atoms with Gasteiger partial charge in [-0.05, 0) is 52.3 Å². The summed E-state index contributed by atoms with van der Waals surface area (Å²) in [6.45, 7) is 0. The van der Waals surface area contributed by atoms with Crippen LogP contribution in [0.3, 0.4) is 0 Å². The number of nitrogen functional groups attached to an aromatic ring is 1. The summed E-state index contributed by atoms with van der Waals surface area (Å²) >= 11 is 3.37. The number of anilines is 2. The lowest BCUT2D eigenvalue weighted by atomic mass is 10.1. The van der Waals surface area contributed by atoms with Crippen LogP contribution in [0, 0.1) is 0 Å². The molecule has 1 amide bonds. The van der Waals surface area contributed by atoms with E-state index >= 15 is 0 Å². The van der Waals surface area contributed by atoms with Crippen LogP contribution in [0.15, 0.2) is 40.9 Å². The van der Waals surface area contributed by atoms with Gasteiger partial charge in [-0.25, -0.2) is 0 Å². The molecular weight excluding hydrogens is 336 g/mol. The van der Waals surface area contributed by atoms with Crippen molar-refractivity contribution in [2.24, 2.45) is 0 Å². The average molecular weight is 351 g/mol. The van der Waals surface area contributed by atoms with E-state index in [0.717, 1.165) is 4.47 Å². The molecule has 2 rings (SSSR count). The van der Waals surface area contributed by atoms with Crippen LogP contribution in [-0.2, 0) is 0 Å². The number of halogens is 1. The van der Waals surface area contributed by atoms with Crippen molar-refractivity contribution in [3.8, 4) is 11.5 Å². The van der Waals surface area contributed by atoms with Gasteiger partial charge in [-0.15, -0.1) is 0 Å². The third-order valence-corrected chi connectivity index (χ3v) is 3.58. The Morgan fingerprint density at radius 1 is 1.14 bits per heavy atom. The quantitative estimate of drug-likeness (QED) is 0.829. The van der Waals surface area contributed by atoms with Crippen LogP contribution in [-0.4, -0.2) is 20.1 Å². The van der Waals surface area contributed by atoms with Gasteiger partial charge in [0.15, 0.2) is 0 Å². The first-order chi connectivity index (χ1) is 10.0. The zero-order chi connectivity index (χ0) is 15.4. The minimum absolute atomic E-state index is 0.308. The minimum atomic E-state index is -0.308. The Bertz CT molecular complexity index is 674. The molecule has 0 radical (unpaired) electrons. The molecule has 6 heteroatoms. The number of rotatable bonds is 4. The zero-order valence-corrected chi connectivity index (χ0v) is 13.2. The van der Waals surface area contributed by atoms with E-state index in [1.54, 1.807) is 36.4 Å². The molecule has 0 aromatic heterocycles. The molecule has 0 fully saturated rings. The van der Waals surface area contributed by atoms with Crippen molar-refractivity contribution in [1.29, 1.82) is 0 Å². The Morgan fingerprint density at radius 3 is 2.57 bits per heavy atom. The van der Waals surface area contributed by atoms with Crippen LogP contribution in [0.4, 0.5) is 11.4 Å². The molecule has 0 aliphatic rings. The van der Waals surface area contributed by atoms with Crippen LogP contribution in [0.2, 0.25) is 0 Å². The molecule has 2 aromatic rings. The van der Waals surface area contributed by atoms with Crippen molar-refractivity contribution in [2.45, 2.75) is 0 Å². The number of hydrogen-bond donors (Lipinski definition) is 2. The molecule has 0 unspecified atom stereocenters. The number of hydrogen-bond acceptors (Lipinski definition) is 4. The smallest absolute Gasteiger partial charge is 0.259 e. The number of amides is 1. The molecule has 0 spiro atoms. The molecule has 0 saturated carbocycles. The van der Waals surface area contributed by atoms with Gasteiger partial charge >= 0.3 is 0 Å². The third-order valence-electron chi connectivity index (χ3n) is 2.89. The van der Waals surface area contributed by atoms with Crippen LogP contribution in [0.5, 0.6) is 11.5 Å². The minimum Gasteiger partial charge on any atom is -0.497 e. The van der Waals surface area contributed by atoms with Crippen molar-refractivity contribution in [3.63, 3.8) is 0 Å². The van der Waals surface area contributed by atoms with Gasteiger partial charge in [0.05, 0.1) is 25.5 Å². The lowest BCUT2D eigenvalue weighted by Gasteiger charge is -2.12. The van der Waals surface area contributed by atoms with Gasteiger partial charge in [-0.2, -0.15) is 0 Å². The molecule has 0 atom stereocenters. The molecule has 0 aliphatic heterocycles. The Balaban J connectivity index is 2.33. The second-order valence-corrected chi connectivity index (χ2v) is 5.11. The van der Waals surface area contributed by atoms with E-state index < -0.39 is 0 Å². The number of nitrogens with two attached hydrogens (primary N) is 1. The second-order valence-electron chi connectivity index (χ2n) is 4.26. The topological polar surface area (TPSA) is 73.6 Å². The number of carbonyl (C=O) groups is 1. The molecule has 2 aromatic carbocycles. The van der Waals surface area contributed by atoms with Crippen molar-refractivity contribution in [2.75, 3.05) is 25.3 Å². The maximum Gasteiger partial charge on any atom is 0.259 e. The van der Waals surface area contributed by atoms with Crippen molar-refractivity contribution in [1.82, 2.24) is 0 Å². The fraction of sp³-hybridized carbons (Fsp3) is 0.133. The van der Waals surface area contributed by atoms with Gasteiger partial charge < -0.3 is 20.5 Å². The first kappa shape index (κ1) is 15.2. The van der Waals surface area contributed by atoms with Gasteiger partial charge in [0.25, 0.3) is 5.91 Å². The van der Waals surface area contributed by atoms with E-state index in [1.165, 1.54) is 14.2 Å². The molecule has 0 aliphatic carbocycles. The molecule has 0 saturated heterocycles. The summed E-state index contributed by atoms with van der Waals surface area (Å²) in [4.78, 5) is 12.4. The maximum absolute atomic E-state index is 12.4. The van der Waals surface area contributed by atoms with Crippen molar-refractivity contribution >= 4 is 33.2 Å². The first-order valence-corrected chi connectivity index (χ1v) is 6.93. The van der Waals surface area contributed by atoms with E-state index in [-0.39, 0.29) is 5.91 Å². The van der Waals surface area contributed by atoms with E-state index in [0.29, 0.717) is 28.4 Å². The first-order valence-electron chi connectivity index (χ1n) is 6.13. The highest BCUT2D eigenvalue weighted by molar-refractivity contribution is 9.10. The highest BCUT2D eigenvalue weighted by Crippen LogP contribution is 2.28. The molecule has 21 heavy (non-hydrogen) atoms. The lowest BCUT2D eigenvalue weighted by Crippen LogP contribution is -2.14. The highest BCUT2D eigenvalue weighted by Gasteiger charge is 2.15. The molecule has 0 heterocycles. The summed E-state index contributed by atoms with van der Waals surface area (Å²) in [6.07, 6.45) is 0. The SMILES string of the molecule is COc1ccc(OC)c(C(=O)Nc2cc(N)ccc2Br)c1. The molecule has 0 bridgehead atoms. The highest BCUT2D eigenvalue weighted by atomic mass is 79.9. The van der Waals surface area contributed by atoms with E-state index in [9.17, 15) is 4.79 Å². The molecule has 5 nitrogen and oxygen atoms in total. The largest absolute Gasteiger partial charge is 0.497 e. The predicted molar refractivity (Wildman–Crippen MR) is 86.1 cm³/mol. The van der Waals surface area contributed by atoms with Crippen LogP contribution >= 0.6 is 15.9 Å². The summed E-state index contributed by atoms with van der Waals surface area (Å²) in [6, 6.07) is 10.2. The molecular formula is C15H15BrN2O3. The molecule has 3 N–H and O–H groups in total. The molecule has 110 valence electrons. The van der Waals surface area contributed by atoms with Gasteiger partial charge in [-0.1, -0.05) is 0 Å². The average Bonchev–Trinajstić information content (AvgIpc) is 2.50. The Labute approximate surface area is 131 Å². The maximum atomic E-state index is 12.4. The van der Waals surface area contributed by atoms with E-state index in [1.807, 2.05) is 0 Å². The Kier molecular flexibility index (Phi) is 4.70. The van der Waals surface area contributed by atoms with Crippen LogP contribution < -0.4 is 20.5 Å². The van der Waals surface area contributed by atoms with Gasteiger partial charge in [-0.3, -0.25) is 4.79 Å². The normalized spacial score (nSPS) is 10.0. The monoisotopic (exact) mass is 350 g/mol. The summed E-state index contributed by atoms with van der Waals surface area (Å²) < 4.78 is 11.1. The summed E-state index contributed by atoms with van der Waals surface area (Å²) in [5.74, 6) is 0.734. The predicted octanol–water partition coefficient (Wildman–Crippen LogP) is 3.30. The second kappa shape index (κ2) is 6.49. The summed E-state index contributed by atoms with van der Waals surface area (Å²) in [5.41, 5.74) is 7.26. The fourth-order valence-corrected chi connectivity index (χ4v) is 2.17. The number of nitrogens with one attached hydrogen (secondary N) is 1. The van der Waals surface area contributed by atoms with Crippen LogP contribution in [0.1, 0.15) is 10.4 Å².